The van der Waals surface area contributed by atoms with Crippen LogP contribution < -0.4 is 5.73 Å². The van der Waals surface area contributed by atoms with Crippen molar-refractivity contribution in [3.05, 3.63) is 32.5 Å². The summed E-state index contributed by atoms with van der Waals surface area (Å²) < 4.78 is 14.4. The zero-order valence-electron chi connectivity index (χ0n) is 5.57. The first-order valence-electron chi connectivity index (χ1n) is 2.99. The molecule has 0 unspecified atom stereocenters. The van der Waals surface area contributed by atoms with Crippen LogP contribution in [-0.2, 0) is 6.54 Å². The first-order valence-corrected chi connectivity index (χ1v) is 4.58. The van der Waals surface area contributed by atoms with E-state index < -0.39 is 0 Å². The molecule has 2 N–H and O–H groups in total. The van der Waals surface area contributed by atoms with E-state index in [1.807, 2.05) is 0 Å². The molecular weight excluding hydrogens is 277 g/mol. The molecular formula is C7H6Br2FN. The molecule has 1 rings (SSSR count). The summed E-state index contributed by atoms with van der Waals surface area (Å²) in [6, 6.07) is 3.02. The summed E-state index contributed by atoms with van der Waals surface area (Å²) in [6.45, 7) is 0.200. The molecule has 0 amide bonds. The van der Waals surface area contributed by atoms with Crippen LogP contribution in [0.5, 0.6) is 0 Å². The third kappa shape index (κ3) is 1.80. The minimum atomic E-state index is -0.275. The number of nitrogens with two attached hydrogens (primary N) is 1. The Morgan fingerprint density at radius 2 is 2.00 bits per heavy atom. The Kier molecular flexibility index (Phi) is 3.04. The maximum Gasteiger partial charge on any atom is 0.128 e. The molecule has 0 heterocycles. The average molecular weight is 283 g/mol. The lowest BCUT2D eigenvalue weighted by atomic mass is 10.2. The van der Waals surface area contributed by atoms with Gasteiger partial charge in [-0.2, -0.15) is 0 Å². The van der Waals surface area contributed by atoms with Crippen molar-refractivity contribution < 1.29 is 4.39 Å². The van der Waals surface area contributed by atoms with Crippen molar-refractivity contribution >= 4 is 31.9 Å². The van der Waals surface area contributed by atoms with Crippen LogP contribution in [-0.4, -0.2) is 0 Å². The normalized spacial score (nSPS) is 10.2. The summed E-state index contributed by atoms with van der Waals surface area (Å²) in [5.74, 6) is -0.275. The van der Waals surface area contributed by atoms with Gasteiger partial charge < -0.3 is 5.73 Å². The van der Waals surface area contributed by atoms with Gasteiger partial charge in [-0.3, -0.25) is 0 Å². The Bertz CT molecular complexity index is 275. The Morgan fingerprint density at radius 3 is 2.45 bits per heavy atom. The fourth-order valence-corrected chi connectivity index (χ4v) is 1.61. The van der Waals surface area contributed by atoms with Crippen LogP contribution >= 0.6 is 31.9 Å². The zero-order chi connectivity index (χ0) is 8.43. The van der Waals surface area contributed by atoms with Gasteiger partial charge in [0.1, 0.15) is 5.82 Å². The lowest BCUT2D eigenvalue weighted by Crippen LogP contribution is -2.01. The van der Waals surface area contributed by atoms with Gasteiger partial charge in [0.25, 0.3) is 0 Å². The van der Waals surface area contributed by atoms with Gasteiger partial charge in [-0.05, 0) is 44.0 Å². The molecule has 4 heteroatoms. The average Bonchev–Trinajstić information content (AvgIpc) is 1.99. The van der Waals surface area contributed by atoms with Crippen LogP contribution in [0.3, 0.4) is 0 Å². The third-order valence-electron chi connectivity index (χ3n) is 1.34. The monoisotopic (exact) mass is 281 g/mol. The van der Waals surface area contributed by atoms with E-state index in [2.05, 4.69) is 31.9 Å². The second kappa shape index (κ2) is 3.65. The topological polar surface area (TPSA) is 26.0 Å². The van der Waals surface area contributed by atoms with Gasteiger partial charge in [0.2, 0.25) is 0 Å². The lowest BCUT2D eigenvalue weighted by molar-refractivity contribution is 0.608. The molecule has 0 aromatic heterocycles. The number of hydrogen-bond donors (Lipinski definition) is 1. The van der Waals surface area contributed by atoms with Gasteiger partial charge in [-0.1, -0.05) is 0 Å². The van der Waals surface area contributed by atoms with Crippen LogP contribution in [0.25, 0.3) is 0 Å². The van der Waals surface area contributed by atoms with Gasteiger partial charge in [0, 0.05) is 21.1 Å². The highest BCUT2D eigenvalue weighted by atomic mass is 79.9. The van der Waals surface area contributed by atoms with Gasteiger partial charge in [-0.15, -0.1) is 0 Å². The molecule has 0 bridgehead atoms. The van der Waals surface area contributed by atoms with E-state index in [1.165, 1.54) is 6.07 Å². The van der Waals surface area contributed by atoms with E-state index in [0.717, 1.165) is 4.47 Å². The quantitative estimate of drug-likeness (QED) is 0.788. The van der Waals surface area contributed by atoms with E-state index in [-0.39, 0.29) is 12.4 Å². The predicted molar refractivity (Wildman–Crippen MR) is 49.7 cm³/mol. The first-order chi connectivity index (χ1) is 5.16. The summed E-state index contributed by atoms with van der Waals surface area (Å²) in [6.07, 6.45) is 0. The Hall–Kier alpha value is 0.0700. The summed E-state index contributed by atoms with van der Waals surface area (Å²) in [5.41, 5.74) is 5.83. The summed E-state index contributed by atoms with van der Waals surface area (Å²) >= 11 is 6.48. The first kappa shape index (κ1) is 9.16. The second-order valence-corrected chi connectivity index (χ2v) is 3.67. The van der Waals surface area contributed by atoms with Crippen LogP contribution in [0, 0.1) is 5.82 Å². The molecule has 1 nitrogen and oxygen atoms in total. The van der Waals surface area contributed by atoms with Gasteiger partial charge in [0.05, 0.1) is 0 Å². The van der Waals surface area contributed by atoms with E-state index in [1.54, 1.807) is 6.07 Å². The third-order valence-corrected chi connectivity index (χ3v) is 3.44. The molecule has 11 heavy (non-hydrogen) atoms. The van der Waals surface area contributed by atoms with Crippen LogP contribution in [0.15, 0.2) is 21.1 Å². The Labute approximate surface area is 81.0 Å². The van der Waals surface area contributed by atoms with Gasteiger partial charge in [-0.25, -0.2) is 4.39 Å². The molecule has 0 saturated carbocycles. The van der Waals surface area contributed by atoms with Crippen molar-refractivity contribution in [1.82, 2.24) is 0 Å². The highest BCUT2D eigenvalue weighted by Gasteiger charge is 2.07. The molecule has 0 aliphatic rings. The molecule has 0 atom stereocenters. The molecule has 60 valence electrons. The van der Waals surface area contributed by atoms with E-state index >= 15 is 0 Å². The summed E-state index contributed by atoms with van der Waals surface area (Å²) in [4.78, 5) is 0. The van der Waals surface area contributed by atoms with Crippen molar-refractivity contribution in [3.63, 3.8) is 0 Å². The highest BCUT2D eigenvalue weighted by Crippen LogP contribution is 2.28. The lowest BCUT2D eigenvalue weighted by Gasteiger charge is -2.03. The number of rotatable bonds is 1. The summed E-state index contributed by atoms with van der Waals surface area (Å²) in [7, 11) is 0. The highest BCUT2D eigenvalue weighted by molar-refractivity contribution is 9.13. The number of hydrogen-bond acceptors (Lipinski definition) is 1. The molecule has 0 spiro atoms. The van der Waals surface area contributed by atoms with Crippen molar-refractivity contribution in [2.24, 2.45) is 5.73 Å². The van der Waals surface area contributed by atoms with E-state index in [9.17, 15) is 4.39 Å². The smallest absolute Gasteiger partial charge is 0.128 e. The molecule has 0 fully saturated rings. The fraction of sp³-hybridized carbons (Fsp3) is 0.143. The maximum absolute atomic E-state index is 12.9. The standard InChI is InChI=1S/C7H6Br2FN/c8-5-1-2-6(10)4(3-11)7(5)9/h1-2H,3,11H2. The van der Waals surface area contributed by atoms with Gasteiger partial charge >= 0.3 is 0 Å². The molecule has 0 radical (unpaired) electrons. The van der Waals surface area contributed by atoms with Crippen molar-refractivity contribution in [2.45, 2.75) is 6.54 Å². The Morgan fingerprint density at radius 1 is 1.36 bits per heavy atom. The number of benzene rings is 1. The maximum atomic E-state index is 12.9. The van der Waals surface area contributed by atoms with Crippen molar-refractivity contribution in [2.75, 3.05) is 0 Å². The molecule has 0 aliphatic heterocycles. The van der Waals surface area contributed by atoms with Gasteiger partial charge in [0.15, 0.2) is 0 Å². The van der Waals surface area contributed by atoms with Crippen LogP contribution in [0.4, 0.5) is 4.39 Å². The van der Waals surface area contributed by atoms with Crippen LogP contribution in [0.1, 0.15) is 5.56 Å². The molecule has 1 aromatic rings. The minimum Gasteiger partial charge on any atom is -0.326 e. The van der Waals surface area contributed by atoms with E-state index in [0.29, 0.717) is 10.0 Å². The van der Waals surface area contributed by atoms with Crippen molar-refractivity contribution in [1.29, 1.82) is 0 Å². The number of halogens is 3. The predicted octanol–water partition coefficient (Wildman–Crippen LogP) is 2.81. The van der Waals surface area contributed by atoms with E-state index in [4.69, 9.17) is 5.73 Å². The minimum absolute atomic E-state index is 0.200. The molecule has 1 aromatic carbocycles. The molecule has 0 saturated heterocycles. The zero-order valence-corrected chi connectivity index (χ0v) is 8.75. The van der Waals surface area contributed by atoms with Crippen LogP contribution in [0.2, 0.25) is 0 Å². The molecule has 0 aliphatic carbocycles. The Balaban J connectivity index is 3.29. The SMILES string of the molecule is NCc1c(F)ccc(Br)c1Br. The largest absolute Gasteiger partial charge is 0.326 e. The summed E-state index contributed by atoms with van der Waals surface area (Å²) in [5, 5.41) is 0. The van der Waals surface area contributed by atoms with Crippen molar-refractivity contribution in [3.8, 4) is 0 Å². The second-order valence-electron chi connectivity index (χ2n) is 2.03. The fourth-order valence-electron chi connectivity index (χ4n) is 0.756.